The number of esters is 1. The summed E-state index contributed by atoms with van der Waals surface area (Å²) < 4.78 is 5.86. The predicted octanol–water partition coefficient (Wildman–Crippen LogP) is 4.36. The smallest absolute Gasteiger partial charge is 0.329 e. The van der Waals surface area contributed by atoms with Crippen LogP contribution in [0.5, 0.6) is 5.75 Å². The molecule has 4 N–H and O–H groups in total. The molecule has 0 aliphatic carbocycles. The fraction of sp³-hybridized carbons (Fsp3) is 0.536. The molecular weight excluding hydrogens is 460 g/mol. The Morgan fingerprint density at radius 1 is 1.11 bits per heavy atom. The number of carbonyl (C=O) groups is 3. The van der Waals surface area contributed by atoms with Crippen LogP contribution in [0.3, 0.4) is 0 Å². The standard InChI is InChI=1S/C28H40N2O6/c1-2-3-4-5-6-8-14-21(15-9-7-10-19-25(32)26(29)33)36-28(35)23-17-13-20-30(23)27(34)22-16-11-12-18-24(22)31/h7,9,11-13,16,18,20-21,23,25,31-32H,2-6,8,10,14-15,17,19H2,1H3,(H2,29,33)/b9-7+/t21-,23+,25-/m1/s1. The first-order valence-electron chi connectivity index (χ1n) is 12.9. The van der Waals surface area contributed by atoms with Gasteiger partial charge in [0.2, 0.25) is 5.91 Å². The summed E-state index contributed by atoms with van der Waals surface area (Å²) in [6.07, 6.45) is 14.5. The summed E-state index contributed by atoms with van der Waals surface area (Å²) in [4.78, 5) is 38.3. The van der Waals surface area contributed by atoms with Gasteiger partial charge in [0.05, 0.1) is 5.56 Å². The lowest BCUT2D eigenvalue weighted by molar-refractivity contribution is -0.153. The first-order chi connectivity index (χ1) is 17.3. The van der Waals surface area contributed by atoms with Crippen molar-refractivity contribution in [3.63, 3.8) is 0 Å². The van der Waals surface area contributed by atoms with Crippen LogP contribution in [-0.2, 0) is 14.3 Å². The highest BCUT2D eigenvalue weighted by molar-refractivity contribution is 6.00. The van der Waals surface area contributed by atoms with Crippen molar-refractivity contribution in [1.29, 1.82) is 0 Å². The monoisotopic (exact) mass is 500 g/mol. The molecule has 1 aromatic rings. The highest BCUT2D eigenvalue weighted by atomic mass is 16.5. The summed E-state index contributed by atoms with van der Waals surface area (Å²) in [5.74, 6) is -1.81. The second-order valence-electron chi connectivity index (χ2n) is 9.18. The zero-order valence-corrected chi connectivity index (χ0v) is 21.2. The van der Waals surface area contributed by atoms with Crippen molar-refractivity contribution in [2.45, 2.75) is 95.8 Å². The second kappa shape index (κ2) is 15.8. The average Bonchev–Trinajstić information content (AvgIpc) is 3.35. The summed E-state index contributed by atoms with van der Waals surface area (Å²) >= 11 is 0. The van der Waals surface area contributed by atoms with Crippen molar-refractivity contribution in [1.82, 2.24) is 4.90 Å². The molecule has 3 atom stereocenters. The number of benzene rings is 1. The van der Waals surface area contributed by atoms with Crippen LogP contribution in [0.25, 0.3) is 0 Å². The number of nitrogens with zero attached hydrogens (tertiary/aromatic N) is 1. The van der Waals surface area contributed by atoms with Gasteiger partial charge in [-0.2, -0.15) is 0 Å². The maximum Gasteiger partial charge on any atom is 0.329 e. The van der Waals surface area contributed by atoms with Crippen LogP contribution in [0.4, 0.5) is 0 Å². The van der Waals surface area contributed by atoms with E-state index in [1.54, 1.807) is 24.4 Å². The molecule has 0 spiro atoms. The maximum absolute atomic E-state index is 13.1. The highest BCUT2D eigenvalue weighted by Gasteiger charge is 2.34. The van der Waals surface area contributed by atoms with E-state index in [1.165, 1.54) is 36.3 Å². The molecule has 0 saturated carbocycles. The summed E-state index contributed by atoms with van der Waals surface area (Å²) in [5, 5.41) is 19.6. The third-order valence-corrected chi connectivity index (χ3v) is 6.27. The molecule has 0 saturated heterocycles. The zero-order valence-electron chi connectivity index (χ0n) is 21.2. The first-order valence-corrected chi connectivity index (χ1v) is 12.9. The van der Waals surface area contributed by atoms with Crippen molar-refractivity contribution >= 4 is 17.8 Å². The van der Waals surface area contributed by atoms with Gasteiger partial charge < -0.3 is 25.6 Å². The van der Waals surface area contributed by atoms with E-state index in [9.17, 15) is 24.6 Å². The van der Waals surface area contributed by atoms with E-state index >= 15 is 0 Å². The molecule has 1 heterocycles. The molecular formula is C28H40N2O6. The molecule has 1 aliphatic heterocycles. The van der Waals surface area contributed by atoms with E-state index in [0.717, 1.165) is 19.3 Å². The number of ether oxygens (including phenoxy) is 1. The lowest BCUT2D eigenvalue weighted by Gasteiger charge is -2.25. The number of para-hydroxylation sites is 1. The Bertz CT molecular complexity index is 913. The van der Waals surface area contributed by atoms with Crippen LogP contribution in [0.1, 0.15) is 87.9 Å². The van der Waals surface area contributed by atoms with Gasteiger partial charge in [-0.25, -0.2) is 4.79 Å². The number of rotatable bonds is 16. The predicted molar refractivity (Wildman–Crippen MR) is 138 cm³/mol. The minimum Gasteiger partial charge on any atom is -0.507 e. The van der Waals surface area contributed by atoms with Gasteiger partial charge in [0, 0.05) is 12.6 Å². The van der Waals surface area contributed by atoms with Crippen molar-refractivity contribution in [2.24, 2.45) is 5.73 Å². The van der Waals surface area contributed by atoms with Gasteiger partial charge in [-0.1, -0.05) is 69.4 Å². The molecule has 2 rings (SSSR count). The molecule has 1 aromatic carbocycles. The van der Waals surface area contributed by atoms with E-state index < -0.39 is 29.9 Å². The fourth-order valence-electron chi connectivity index (χ4n) is 4.12. The van der Waals surface area contributed by atoms with Gasteiger partial charge in [-0.3, -0.25) is 9.59 Å². The van der Waals surface area contributed by atoms with Crippen molar-refractivity contribution in [3.8, 4) is 5.75 Å². The first kappa shape index (κ1) is 29.1. The number of phenolic OH excluding ortho intramolecular Hbond substituents is 1. The lowest BCUT2D eigenvalue weighted by atomic mass is 10.0. The number of phenols is 1. The molecule has 36 heavy (non-hydrogen) atoms. The highest BCUT2D eigenvalue weighted by Crippen LogP contribution is 2.25. The molecule has 198 valence electrons. The molecule has 1 aliphatic rings. The van der Waals surface area contributed by atoms with Crippen LogP contribution in [0.15, 0.2) is 48.7 Å². The Morgan fingerprint density at radius 2 is 1.83 bits per heavy atom. The third kappa shape index (κ3) is 9.49. The molecule has 0 fully saturated rings. The molecule has 2 amide bonds. The maximum atomic E-state index is 13.1. The summed E-state index contributed by atoms with van der Waals surface area (Å²) in [5.41, 5.74) is 5.20. The number of primary amides is 1. The zero-order chi connectivity index (χ0) is 26.3. The number of carbonyl (C=O) groups excluding carboxylic acids is 3. The van der Waals surface area contributed by atoms with Crippen LogP contribution in [-0.4, -0.2) is 51.1 Å². The number of aliphatic hydroxyl groups is 1. The van der Waals surface area contributed by atoms with E-state index in [1.807, 2.05) is 12.2 Å². The molecule has 0 unspecified atom stereocenters. The van der Waals surface area contributed by atoms with E-state index in [2.05, 4.69) is 6.92 Å². The number of aromatic hydroxyl groups is 1. The van der Waals surface area contributed by atoms with Crippen molar-refractivity contribution in [3.05, 3.63) is 54.3 Å². The summed E-state index contributed by atoms with van der Waals surface area (Å²) in [7, 11) is 0. The van der Waals surface area contributed by atoms with Gasteiger partial charge in [0.25, 0.3) is 5.91 Å². The van der Waals surface area contributed by atoms with E-state index in [0.29, 0.717) is 25.7 Å². The van der Waals surface area contributed by atoms with Crippen LogP contribution in [0.2, 0.25) is 0 Å². The molecule has 0 aromatic heterocycles. The minimum atomic E-state index is -1.17. The molecule has 8 heteroatoms. The number of aliphatic hydroxyl groups excluding tert-OH is 1. The average molecular weight is 501 g/mol. The minimum absolute atomic E-state index is 0.131. The number of unbranched alkanes of at least 4 members (excludes halogenated alkanes) is 5. The number of allylic oxidation sites excluding steroid dienone is 1. The second-order valence-corrected chi connectivity index (χ2v) is 9.18. The van der Waals surface area contributed by atoms with E-state index in [-0.39, 0.29) is 23.8 Å². The SMILES string of the molecule is CCCCCCCC[C@H](C/C=C/CC[C@@H](O)C(N)=O)OC(=O)[C@@H]1CC=CN1C(=O)c1ccccc1O. The topological polar surface area (TPSA) is 130 Å². The van der Waals surface area contributed by atoms with Gasteiger partial charge in [-0.05, 0) is 44.2 Å². The number of hydrogen-bond donors (Lipinski definition) is 3. The molecule has 0 radical (unpaired) electrons. The van der Waals surface area contributed by atoms with Crippen LogP contribution >= 0.6 is 0 Å². The summed E-state index contributed by atoms with van der Waals surface area (Å²) in [6.45, 7) is 2.18. The fourth-order valence-corrected chi connectivity index (χ4v) is 4.12. The number of amides is 2. The summed E-state index contributed by atoms with van der Waals surface area (Å²) in [6, 6.07) is 5.47. The van der Waals surface area contributed by atoms with Gasteiger partial charge in [0.1, 0.15) is 24.0 Å². The van der Waals surface area contributed by atoms with Crippen molar-refractivity contribution < 1.29 is 29.3 Å². The van der Waals surface area contributed by atoms with E-state index in [4.69, 9.17) is 10.5 Å². The molecule has 8 nitrogen and oxygen atoms in total. The Kier molecular flexibility index (Phi) is 12.8. The number of hydrogen-bond acceptors (Lipinski definition) is 6. The quantitative estimate of drug-likeness (QED) is 0.176. The normalized spacial score (nSPS) is 16.8. The number of nitrogens with two attached hydrogens (primary N) is 1. The van der Waals surface area contributed by atoms with Gasteiger partial charge in [0.15, 0.2) is 0 Å². The Morgan fingerprint density at radius 3 is 2.56 bits per heavy atom. The Labute approximate surface area is 213 Å². The third-order valence-electron chi connectivity index (χ3n) is 6.27. The van der Waals surface area contributed by atoms with Crippen LogP contribution < -0.4 is 5.73 Å². The largest absolute Gasteiger partial charge is 0.507 e. The molecule has 0 bridgehead atoms. The van der Waals surface area contributed by atoms with Gasteiger partial charge >= 0.3 is 5.97 Å². The lowest BCUT2D eigenvalue weighted by Crippen LogP contribution is -2.41. The Hall–Kier alpha value is -3.13. The Balaban J connectivity index is 1.96. The van der Waals surface area contributed by atoms with Gasteiger partial charge in [-0.15, -0.1) is 0 Å². The van der Waals surface area contributed by atoms with Crippen LogP contribution in [0, 0.1) is 0 Å². The van der Waals surface area contributed by atoms with Crippen molar-refractivity contribution in [2.75, 3.05) is 0 Å².